The summed E-state index contributed by atoms with van der Waals surface area (Å²) in [7, 11) is 2.02. The van der Waals surface area contributed by atoms with Crippen molar-refractivity contribution < 1.29 is 0 Å². The lowest BCUT2D eigenvalue weighted by molar-refractivity contribution is 0.273. The van der Waals surface area contributed by atoms with Crippen molar-refractivity contribution in [2.45, 2.75) is 5.16 Å². The van der Waals surface area contributed by atoms with Crippen molar-refractivity contribution in [1.82, 2.24) is 29.6 Å². The van der Waals surface area contributed by atoms with Crippen molar-refractivity contribution in [3.63, 3.8) is 0 Å². The first kappa shape index (κ1) is 19.1. The predicted octanol–water partition coefficient (Wildman–Crippen LogP) is 3.27. The number of nitrogens with zero attached hydrogens (tertiary/aromatic N) is 6. The Labute approximate surface area is 180 Å². The molecular weight excluding hydrogens is 394 g/mol. The highest BCUT2D eigenvalue weighted by Gasteiger charge is 2.20. The Balaban J connectivity index is 1.15. The van der Waals surface area contributed by atoms with Crippen LogP contribution < -0.4 is 4.90 Å². The summed E-state index contributed by atoms with van der Waals surface area (Å²) in [4.78, 5) is 12.8. The van der Waals surface area contributed by atoms with Crippen LogP contribution in [0.2, 0.25) is 0 Å². The maximum atomic E-state index is 4.67. The van der Waals surface area contributed by atoms with Crippen LogP contribution in [0, 0.1) is 0 Å². The van der Waals surface area contributed by atoms with Crippen LogP contribution in [0.5, 0.6) is 0 Å². The molecule has 30 heavy (non-hydrogen) atoms. The Morgan fingerprint density at radius 3 is 2.70 bits per heavy atom. The van der Waals surface area contributed by atoms with Crippen molar-refractivity contribution in [2.24, 2.45) is 7.05 Å². The summed E-state index contributed by atoms with van der Waals surface area (Å²) in [6, 6.07) is 14.6. The molecule has 1 N–H and O–H groups in total. The number of benzene rings is 1. The number of H-pyrrole nitrogens is 1. The number of nitrogens with one attached hydrogen (secondary N) is 1. The molecule has 0 amide bonds. The van der Waals surface area contributed by atoms with E-state index in [4.69, 9.17) is 0 Å². The molecule has 0 saturated carbocycles. The maximum Gasteiger partial charge on any atom is 0.191 e. The number of thioether (sulfide) groups is 1. The van der Waals surface area contributed by atoms with Gasteiger partial charge in [-0.3, -0.25) is 4.90 Å². The molecule has 0 aliphatic carbocycles. The molecule has 7 nitrogen and oxygen atoms in total. The summed E-state index contributed by atoms with van der Waals surface area (Å²) in [5.74, 6) is 2.99. The van der Waals surface area contributed by atoms with E-state index in [1.165, 1.54) is 10.8 Å². The van der Waals surface area contributed by atoms with Crippen LogP contribution in [-0.2, 0) is 7.05 Å². The van der Waals surface area contributed by atoms with Gasteiger partial charge in [-0.05, 0) is 23.6 Å². The molecule has 3 aromatic heterocycles. The van der Waals surface area contributed by atoms with Crippen LogP contribution in [0.1, 0.15) is 0 Å². The van der Waals surface area contributed by atoms with Gasteiger partial charge >= 0.3 is 0 Å². The van der Waals surface area contributed by atoms with E-state index in [1.54, 1.807) is 11.8 Å². The van der Waals surface area contributed by atoms with E-state index >= 15 is 0 Å². The fraction of sp³-hybridized carbons (Fsp3) is 0.318. The standard InChI is InChI=1S/C22H25N7S/c1-27-21(19-7-4-9-23-19)25-26-22(27)30-16-15-28-11-13-29(14-12-28)20-18-6-3-2-5-17(18)8-10-24-20/h2-10,23H,11-16H2,1H3. The molecule has 0 spiro atoms. The first-order valence-electron chi connectivity index (χ1n) is 10.3. The minimum atomic E-state index is 0.874. The number of hydrogen-bond acceptors (Lipinski definition) is 6. The number of aromatic nitrogens is 5. The zero-order valence-electron chi connectivity index (χ0n) is 17.0. The van der Waals surface area contributed by atoms with E-state index in [1.807, 2.05) is 31.6 Å². The van der Waals surface area contributed by atoms with Crippen molar-refractivity contribution in [1.29, 1.82) is 0 Å². The van der Waals surface area contributed by atoms with Gasteiger partial charge in [-0.2, -0.15) is 0 Å². The number of rotatable bonds is 6. The highest BCUT2D eigenvalue weighted by atomic mass is 32.2. The minimum absolute atomic E-state index is 0.874. The fourth-order valence-electron chi connectivity index (χ4n) is 3.95. The monoisotopic (exact) mass is 419 g/mol. The zero-order chi connectivity index (χ0) is 20.3. The van der Waals surface area contributed by atoms with Crippen LogP contribution in [0.4, 0.5) is 5.82 Å². The van der Waals surface area contributed by atoms with Gasteiger partial charge < -0.3 is 14.5 Å². The SMILES string of the molecule is Cn1c(SCCN2CCN(c3nccc4ccccc34)CC2)nnc1-c1ccc[nH]1. The second-order valence-corrected chi connectivity index (χ2v) is 8.54. The van der Waals surface area contributed by atoms with Crippen molar-refractivity contribution in [2.75, 3.05) is 43.4 Å². The average molecular weight is 420 g/mol. The number of anilines is 1. The third-order valence-corrected chi connectivity index (χ3v) is 6.64. The molecule has 5 rings (SSSR count). The normalized spacial score (nSPS) is 15.2. The summed E-state index contributed by atoms with van der Waals surface area (Å²) < 4.78 is 2.06. The lowest BCUT2D eigenvalue weighted by atomic mass is 10.1. The molecule has 1 aliphatic heterocycles. The number of piperazine rings is 1. The second-order valence-electron chi connectivity index (χ2n) is 7.48. The molecule has 1 saturated heterocycles. The van der Waals surface area contributed by atoms with Gasteiger partial charge in [0.05, 0.1) is 5.69 Å². The summed E-state index contributed by atoms with van der Waals surface area (Å²) in [5.41, 5.74) is 0.995. The molecule has 0 atom stereocenters. The van der Waals surface area contributed by atoms with Crippen LogP contribution in [0.15, 0.2) is 60.0 Å². The smallest absolute Gasteiger partial charge is 0.191 e. The van der Waals surface area contributed by atoms with Crippen molar-refractivity contribution >= 4 is 28.4 Å². The molecule has 1 aliphatic rings. The molecule has 8 heteroatoms. The van der Waals surface area contributed by atoms with Gasteiger partial charge in [0.2, 0.25) is 0 Å². The maximum absolute atomic E-state index is 4.67. The van der Waals surface area contributed by atoms with Crippen LogP contribution in [0.3, 0.4) is 0 Å². The van der Waals surface area contributed by atoms with Crippen molar-refractivity contribution in [3.05, 3.63) is 54.9 Å². The van der Waals surface area contributed by atoms with E-state index in [0.29, 0.717) is 0 Å². The number of hydrogen-bond donors (Lipinski definition) is 1. The average Bonchev–Trinajstić information content (AvgIpc) is 3.44. The third-order valence-electron chi connectivity index (χ3n) is 5.64. The summed E-state index contributed by atoms with van der Waals surface area (Å²) in [6.07, 6.45) is 3.83. The van der Waals surface area contributed by atoms with E-state index < -0.39 is 0 Å². The molecule has 0 radical (unpaired) electrons. The van der Waals surface area contributed by atoms with Crippen molar-refractivity contribution in [3.8, 4) is 11.5 Å². The quantitative estimate of drug-likeness (QED) is 0.484. The Kier molecular flexibility index (Phi) is 5.42. The highest BCUT2D eigenvalue weighted by Crippen LogP contribution is 2.25. The molecule has 154 valence electrons. The molecule has 1 fully saturated rings. The first-order chi connectivity index (χ1) is 14.8. The molecule has 4 aromatic rings. The van der Waals surface area contributed by atoms with Crippen LogP contribution in [0.25, 0.3) is 22.3 Å². The molecule has 1 aromatic carbocycles. The van der Waals surface area contributed by atoms with Crippen LogP contribution >= 0.6 is 11.8 Å². The highest BCUT2D eigenvalue weighted by molar-refractivity contribution is 7.99. The third kappa shape index (κ3) is 3.80. The van der Waals surface area contributed by atoms with E-state index in [0.717, 1.165) is 61.0 Å². The lowest BCUT2D eigenvalue weighted by Gasteiger charge is -2.35. The Bertz CT molecular complexity index is 1110. The Morgan fingerprint density at radius 1 is 1.00 bits per heavy atom. The topological polar surface area (TPSA) is 65.9 Å². The minimum Gasteiger partial charge on any atom is -0.359 e. The van der Waals surface area contributed by atoms with Gasteiger partial charge in [-0.15, -0.1) is 10.2 Å². The number of pyridine rings is 1. The van der Waals surface area contributed by atoms with Gasteiger partial charge in [-0.1, -0.05) is 36.0 Å². The van der Waals surface area contributed by atoms with E-state index in [2.05, 4.69) is 64.9 Å². The second kappa shape index (κ2) is 8.49. The zero-order valence-corrected chi connectivity index (χ0v) is 17.8. The molecule has 4 heterocycles. The first-order valence-corrected chi connectivity index (χ1v) is 11.2. The lowest BCUT2D eigenvalue weighted by Crippen LogP contribution is -2.47. The van der Waals surface area contributed by atoms with Gasteiger partial charge in [0.25, 0.3) is 0 Å². The summed E-state index contributed by atoms with van der Waals surface area (Å²) in [5, 5.41) is 12.1. The Hall–Kier alpha value is -2.84. The Morgan fingerprint density at radius 2 is 1.87 bits per heavy atom. The van der Waals surface area contributed by atoms with Gasteiger partial charge in [0, 0.05) is 63.3 Å². The van der Waals surface area contributed by atoms with Crippen LogP contribution in [-0.4, -0.2) is 68.1 Å². The van der Waals surface area contributed by atoms with E-state index in [9.17, 15) is 0 Å². The summed E-state index contributed by atoms with van der Waals surface area (Å²) >= 11 is 1.77. The van der Waals surface area contributed by atoms with Gasteiger partial charge in [0.15, 0.2) is 11.0 Å². The van der Waals surface area contributed by atoms with E-state index in [-0.39, 0.29) is 0 Å². The van der Waals surface area contributed by atoms with Gasteiger partial charge in [-0.25, -0.2) is 4.98 Å². The molecular formula is C22H25N7S. The molecule has 0 unspecified atom stereocenters. The molecule has 0 bridgehead atoms. The van der Waals surface area contributed by atoms with Gasteiger partial charge in [0.1, 0.15) is 5.82 Å². The number of fused-ring (bicyclic) bond motifs is 1. The predicted molar refractivity (Wildman–Crippen MR) is 122 cm³/mol. The number of aromatic amines is 1. The summed E-state index contributed by atoms with van der Waals surface area (Å²) in [6.45, 7) is 5.17. The largest absolute Gasteiger partial charge is 0.359 e. The fourth-order valence-corrected chi connectivity index (χ4v) is 4.86.